The maximum Gasteiger partial charge on any atom is 0.333 e. The minimum atomic E-state index is -0.921. The van der Waals surface area contributed by atoms with Crippen molar-refractivity contribution >= 4 is 29.0 Å². The van der Waals surface area contributed by atoms with Gasteiger partial charge in [-0.1, -0.05) is 23.2 Å². The number of aryl methyl sites for hydroxylation is 1. The van der Waals surface area contributed by atoms with E-state index in [9.17, 15) is 14.7 Å². The largest absolute Gasteiger partial charge is 0.489 e. The van der Waals surface area contributed by atoms with Crippen LogP contribution in [0.5, 0.6) is 5.75 Å². The highest BCUT2D eigenvalue weighted by atomic mass is 35.5. The lowest BCUT2D eigenvalue weighted by molar-refractivity contribution is 0.0916. The highest BCUT2D eigenvalue weighted by molar-refractivity contribution is 6.35. The molecule has 0 aliphatic carbocycles. The van der Waals surface area contributed by atoms with Crippen molar-refractivity contribution in [1.29, 1.82) is 0 Å². The van der Waals surface area contributed by atoms with Crippen LogP contribution in [0.15, 0.2) is 53.5 Å². The van der Waals surface area contributed by atoms with Crippen LogP contribution in [0.25, 0.3) is 5.69 Å². The van der Waals surface area contributed by atoms with Crippen LogP contribution >= 0.6 is 23.2 Å². The molecule has 0 saturated carbocycles. The predicted octanol–water partition coefficient (Wildman–Crippen LogP) is 3.90. The zero-order chi connectivity index (χ0) is 21.1. The van der Waals surface area contributed by atoms with Crippen LogP contribution in [0.1, 0.15) is 23.0 Å². The number of imidazole rings is 1. The number of Topliss-reactive ketones (excluding diaryl/α,β-unsaturated/α-hetero) is 1. The minimum absolute atomic E-state index is 0.0364. The number of halogens is 2. The van der Waals surface area contributed by atoms with E-state index >= 15 is 0 Å². The van der Waals surface area contributed by atoms with Crippen molar-refractivity contribution in [3.05, 3.63) is 80.4 Å². The fourth-order valence-corrected chi connectivity index (χ4v) is 3.43. The van der Waals surface area contributed by atoms with Gasteiger partial charge < -0.3 is 9.84 Å². The van der Waals surface area contributed by atoms with Crippen molar-refractivity contribution < 1.29 is 14.6 Å². The number of aliphatic hydroxyl groups is 1. The number of carbonyl (C=O) groups excluding carboxylic acids is 1. The highest BCUT2D eigenvalue weighted by Crippen LogP contribution is 2.27. The summed E-state index contributed by atoms with van der Waals surface area (Å²) in [6.45, 7) is 3.31. The molecule has 29 heavy (non-hydrogen) atoms. The first kappa shape index (κ1) is 21.2. The maximum atomic E-state index is 12.8. The Balaban J connectivity index is 1.72. The Morgan fingerprint density at radius 3 is 2.48 bits per heavy atom. The second-order valence-electron chi connectivity index (χ2n) is 6.68. The third-order valence-electron chi connectivity index (χ3n) is 4.40. The smallest absolute Gasteiger partial charge is 0.333 e. The molecule has 0 aliphatic rings. The van der Waals surface area contributed by atoms with E-state index in [4.69, 9.17) is 27.9 Å². The quantitative estimate of drug-likeness (QED) is 0.572. The second-order valence-corrected chi connectivity index (χ2v) is 7.53. The van der Waals surface area contributed by atoms with Gasteiger partial charge in [0.25, 0.3) is 0 Å². The van der Waals surface area contributed by atoms with E-state index < -0.39 is 6.10 Å². The molecule has 0 fully saturated rings. The number of rotatable bonds is 7. The average Bonchev–Trinajstić information content (AvgIpc) is 2.94. The molecule has 1 unspecified atom stereocenters. The summed E-state index contributed by atoms with van der Waals surface area (Å²) in [5.74, 6) is 0.365. The molecule has 6 nitrogen and oxygen atoms in total. The number of aromatic nitrogens is 2. The Morgan fingerprint density at radius 2 is 1.86 bits per heavy atom. The number of hydrogen-bond donors (Lipinski definition) is 1. The SMILES string of the molecule is CC(=O)c1ccc(-n2c(C)cn(CC(O)COc3ccc(Cl)cc3Cl)c2=O)cc1. The molecule has 3 rings (SSSR count). The van der Waals surface area contributed by atoms with Crippen LogP contribution in [0.3, 0.4) is 0 Å². The van der Waals surface area contributed by atoms with Crippen LogP contribution in [0, 0.1) is 6.92 Å². The molecule has 0 saturated heterocycles. The van der Waals surface area contributed by atoms with Crippen LogP contribution in [-0.4, -0.2) is 32.7 Å². The number of carbonyl (C=O) groups is 1. The molecule has 2 aromatic carbocycles. The zero-order valence-corrected chi connectivity index (χ0v) is 17.4. The molecular formula is C21H20Cl2N2O4. The maximum absolute atomic E-state index is 12.8. The number of nitrogens with zero attached hydrogens (tertiary/aromatic N) is 2. The van der Waals surface area contributed by atoms with Crippen LogP contribution in [-0.2, 0) is 6.54 Å². The van der Waals surface area contributed by atoms with E-state index in [1.54, 1.807) is 55.6 Å². The molecular weight excluding hydrogens is 415 g/mol. The van der Waals surface area contributed by atoms with Crippen LogP contribution in [0.2, 0.25) is 10.0 Å². The number of benzene rings is 2. The van der Waals surface area contributed by atoms with Gasteiger partial charge in [-0.25, -0.2) is 4.79 Å². The fraction of sp³-hybridized carbons (Fsp3) is 0.238. The van der Waals surface area contributed by atoms with Crippen molar-refractivity contribution in [3.8, 4) is 11.4 Å². The standard InChI is InChI=1S/C21H20Cl2N2O4/c1-13-10-24(11-18(27)12-29-20-8-5-16(22)9-19(20)23)21(28)25(13)17-6-3-15(4-7-17)14(2)26/h3-10,18,27H,11-12H2,1-2H3. The van der Waals surface area contributed by atoms with Gasteiger partial charge in [-0.05, 0) is 56.3 Å². The first-order valence-corrected chi connectivity index (χ1v) is 9.68. The van der Waals surface area contributed by atoms with Gasteiger partial charge in [0.15, 0.2) is 5.78 Å². The van der Waals surface area contributed by atoms with E-state index in [-0.39, 0.29) is 24.6 Å². The lowest BCUT2D eigenvalue weighted by Gasteiger charge is -2.13. The lowest BCUT2D eigenvalue weighted by atomic mass is 10.1. The van der Waals surface area contributed by atoms with Gasteiger partial charge in [-0.3, -0.25) is 13.9 Å². The van der Waals surface area contributed by atoms with Gasteiger partial charge in [0, 0.05) is 22.5 Å². The summed E-state index contributed by atoms with van der Waals surface area (Å²) in [5.41, 5.74) is 1.64. The number of ketones is 1. The zero-order valence-electron chi connectivity index (χ0n) is 15.9. The highest BCUT2D eigenvalue weighted by Gasteiger charge is 2.15. The molecule has 0 aliphatic heterocycles. The summed E-state index contributed by atoms with van der Waals surface area (Å²) in [5, 5.41) is 11.1. The normalized spacial score (nSPS) is 12.0. The molecule has 1 atom stereocenters. The van der Waals surface area contributed by atoms with Crippen LogP contribution < -0.4 is 10.4 Å². The first-order valence-electron chi connectivity index (χ1n) is 8.92. The van der Waals surface area contributed by atoms with Crippen molar-refractivity contribution in [1.82, 2.24) is 9.13 Å². The monoisotopic (exact) mass is 434 g/mol. The molecule has 1 aromatic heterocycles. The Labute approximate surface area is 177 Å². The number of hydrogen-bond acceptors (Lipinski definition) is 4. The van der Waals surface area contributed by atoms with Gasteiger partial charge in [-0.15, -0.1) is 0 Å². The Morgan fingerprint density at radius 1 is 1.17 bits per heavy atom. The van der Waals surface area contributed by atoms with Gasteiger partial charge in [0.1, 0.15) is 18.5 Å². The summed E-state index contributed by atoms with van der Waals surface area (Å²) < 4.78 is 8.47. The Hall–Kier alpha value is -2.54. The molecule has 1 N–H and O–H groups in total. The first-order chi connectivity index (χ1) is 13.8. The molecule has 0 spiro atoms. The molecule has 0 radical (unpaired) electrons. The Kier molecular flexibility index (Phi) is 6.47. The van der Waals surface area contributed by atoms with E-state index in [0.717, 1.165) is 0 Å². The molecule has 152 valence electrons. The van der Waals surface area contributed by atoms with Gasteiger partial charge in [0.05, 0.1) is 17.3 Å². The fourth-order valence-electron chi connectivity index (χ4n) is 2.97. The topological polar surface area (TPSA) is 73.5 Å². The van der Waals surface area contributed by atoms with Gasteiger partial charge in [-0.2, -0.15) is 0 Å². The molecule has 0 bridgehead atoms. The third kappa shape index (κ3) is 4.90. The predicted molar refractivity (Wildman–Crippen MR) is 113 cm³/mol. The lowest BCUT2D eigenvalue weighted by Crippen LogP contribution is -2.31. The third-order valence-corrected chi connectivity index (χ3v) is 4.93. The number of ether oxygens (including phenoxy) is 1. The molecule has 0 amide bonds. The van der Waals surface area contributed by atoms with Gasteiger partial charge >= 0.3 is 5.69 Å². The van der Waals surface area contributed by atoms with E-state index in [2.05, 4.69) is 0 Å². The summed E-state index contributed by atoms with van der Waals surface area (Å²) in [6, 6.07) is 11.6. The average molecular weight is 435 g/mol. The van der Waals surface area contributed by atoms with Crippen molar-refractivity contribution in [3.63, 3.8) is 0 Å². The van der Waals surface area contributed by atoms with Crippen LogP contribution in [0.4, 0.5) is 0 Å². The van der Waals surface area contributed by atoms with Gasteiger partial charge in [0.2, 0.25) is 0 Å². The summed E-state index contributed by atoms with van der Waals surface area (Å²) in [6.07, 6.45) is 0.745. The van der Waals surface area contributed by atoms with E-state index in [0.29, 0.717) is 32.7 Å². The summed E-state index contributed by atoms with van der Waals surface area (Å²) >= 11 is 11.9. The van der Waals surface area contributed by atoms with Crippen molar-refractivity contribution in [2.75, 3.05) is 6.61 Å². The molecule has 3 aromatic rings. The van der Waals surface area contributed by atoms with Crippen molar-refractivity contribution in [2.24, 2.45) is 0 Å². The van der Waals surface area contributed by atoms with Crippen molar-refractivity contribution in [2.45, 2.75) is 26.5 Å². The Bertz CT molecular complexity index is 1090. The van der Waals surface area contributed by atoms with E-state index in [1.807, 2.05) is 0 Å². The second kappa shape index (κ2) is 8.86. The summed E-state index contributed by atoms with van der Waals surface area (Å²) in [7, 11) is 0. The molecule has 8 heteroatoms. The molecule has 1 heterocycles. The number of aliphatic hydroxyl groups excluding tert-OH is 1. The van der Waals surface area contributed by atoms with E-state index in [1.165, 1.54) is 16.1 Å². The minimum Gasteiger partial charge on any atom is -0.489 e. The summed E-state index contributed by atoms with van der Waals surface area (Å²) in [4.78, 5) is 24.2.